The molecular weight excluding hydrogens is 370 g/mol. The molecule has 2 amide bonds. The molecule has 2 heterocycles. The van der Waals surface area contributed by atoms with E-state index in [2.05, 4.69) is 10.5 Å². The van der Waals surface area contributed by atoms with E-state index in [0.717, 1.165) is 11.1 Å². The first-order valence-corrected chi connectivity index (χ1v) is 9.47. The molecule has 3 aromatic rings. The molecule has 1 aromatic heterocycles. The Bertz CT molecular complexity index is 977. The average molecular weight is 391 g/mol. The molecule has 7 nitrogen and oxygen atoms in total. The minimum absolute atomic E-state index is 0.0835. The lowest BCUT2D eigenvalue weighted by Gasteiger charge is -2.26. The quantitative estimate of drug-likeness (QED) is 0.723. The number of amides is 2. The summed E-state index contributed by atoms with van der Waals surface area (Å²) in [6.07, 6.45) is 0.330. The van der Waals surface area contributed by atoms with Gasteiger partial charge in [0.2, 0.25) is 11.7 Å². The van der Waals surface area contributed by atoms with Crippen molar-refractivity contribution in [1.29, 1.82) is 0 Å². The Kier molecular flexibility index (Phi) is 5.67. The van der Waals surface area contributed by atoms with Crippen LogP contribution in [0, 0.1) is 0 Å². The minimum atomic E-state index is -0.378. The van der Waals surface area contributed by atoms with Crippen molar-refractivity contribution in [2.45, 2.75) is 6.42 Å². The predicted molar refractivity (Wildman–Crippen MR) is 107 cm³/mol. The van der Waals surface area contributed by atoms with Gasteiger partial charge < -0.3 is 19.5 Å². The molecule has 148 valence electrons. The fourth-order valence-corrected chi connectivity index (χ4v) is 3.12. The zero-order valence-electron chi connectivity index (χ0n) is 15.8. The summed E-state index contributed by atoms with van der Waals surface area (Å²) < 4.78 is 10.4. The van der Waals surface area contributed by atoms with Gasteiger partial charge in [-0.15, -0.1) is 0 Å². The monoisotopic (exact) mass is 391 g/mol. The topological polar surface area (TPSA) is 84.7 Å². The van der Waals surface area contributed by atoms with Crippen molar-refractivity contribution in [1.82, 2.24) is 10.1 Å². The van der Waals surface area contributed by atoms with Gasteiger partial charge in [0, 0.05) is 30.4 Å². The molecule has 1 aliphatic heterocycles. The van der Waals surface area contributed by atoms with Crippen LogP contribution < -0.4 is 5.32 Å². The smallest absolute Gasteiger partial charge is 0.294 e. The van der Waals surface area contributed by atoms with E-state index in [9.17, 15) is 9.59 Å². The lowest BCUT2D eigenvalue weighted by atomic mass is 10.1. The number of ether oxygens (including phenoxy) is 1. The molecule has 0 unspecified atom stereocenters. The van der Waals surface area contributed by atoms with Gasteiger partial charge in [-0.1, -0.05) is 47.6 Å². The van der Waals surface area contributed by atoms with Gasteiger partial charge in [-0.05, 0) is 17.7 Å². The number of hydrogen-bond acceptors (Lipinski definition) is 5. The highest BCUT2D eigenvalue weighted by atomic mass is 16.5. The van der Waals surface area contributed by atoms with Crippen LogP contribution in [0.2, 0.25) is 0 Å². The van der Waals surface area contributed by atoms with Crippen LogP contribution in [-0.2, 0) is 16.0 Å². The highest BCUT2D eigenvalue weighted by molar-refractivity contribution is 6.02. The van der Waals surface area contributed by atoms with Crippen molar-refractivity contribution >= 4 is 17.5 Å². The Balaban J connectivity index is 1.35. The summed E-state index contributed by atoms with van der Waals surface area (Å²) in [6.45, 7) is 2.44. The van der Waals surface area contributed by atoms with E-state index in [1.807, 2.05) is 47.4 Å². The maximum absolute atomic E-state index is 12.4. The van der Waals surface area contributed by atoms with Gasteiger partial charge in [0.25, 0.3) is 5.91 Å². The van der Waals surface area contributed by atoms with Gasteiger partial charge in [0.15, 0.2) is 0 Å². The number of benzene rings is 2. The molecule has 1 aliphatic rings. The normalized spacial score (nSPS) is 13.9. The molecule has 1 saturated heterocycles. The second-order valence-corrected chi connectivity index (χ2v) is 6.76. The number of carbonyl (C=O) groups excluding carboxylic acids is 2. The van der Waals surface area contributed by atoms with Crippen LogP contribution in [0.25, 0.3) is 11.3 Å². The molecule has 0 saturated carbocycles. The van der Waals surface area contributed by atoms with Crippen molar-refractivity contribution in [3.8, 4) is 11.3 Å². The fraction of sp³-hybridized carbons (Fsp3) is 0.227. The first-order chi connectivity index (χ1) is 14.2. The molecule has 7 heteroatoms. The average Bonchev–Trinajstić information content (AvgIpc) is 3.27. The molecule has 2 aromatic carbocycles. The van der Waals surface area contributed by atoms with Gasteiger partial charge >= 0.3 is 0 Å². The van der Waals surface area contributed by atoms with Gasteiger partial charge in [-0.2, -0.15) is 0 Å². The van der Waals surface area contributed by atoms with Crippen LogP contribution in [0.1, 0.15) is 16.1 Å². The number of hydrogen-bond donors (Lipinski definition) is 1. The maximum Gasteiger partial charge on any atom is 0.294 e. The molecule has 0 radical (unpaired) electrons. The van der Waals surface area contributed by atoms with Crippen LogP contribution in [0.4, 0.5) is 5.69 Å². The number of aromatic nitrogens is 1. The second-order valence-electron chi connectivity index (χ2n) is 6.76. The third-order valence-electron chi connectivity index (χ3n) is 4.73. The zero-order chi connectivity index (χ0) is 20.1. The molecule has 0 bridgehead atoms. The number of carbonyl (C=O) groups is 2. The van der Waals surface area contributed by atoms with Crippen molar-refractivity contribution in [2.24, 2.45) is 0 Å². The molecule has 0 spiro atoms. The van der Waals surface area contributed by atoms with Crippen LogP contribution >= 0.6 is 0 Å². The lowest BCUT2D eigenvalue weighted by Crippen LogP contribution is -2.41. The summed E-state index contributed by atoms with van der Waals surface area (Å²) in [5.41, 5.74) is 3.00. The number of anilines is 1. The van der Waals surface area contributed by atoms with Crippen molar-refractivity contribution in [3.63, 3.8) is 0 Å². The van der Waals surface area contributed by atoms with Crippen LogP contribution in [0.15, 0.2) is 65.2 Å². The summed E-state index contributed by atoms with van der Waals surface area (Å²) in [5.74, 6) is -0.160. The Labute approximate surface area is 168 Å². The van der Waals surface area contributed by atoms with Crippen LogP contribution in [0.3, 0.4) is 0 Å². The predicted octanol–water partition coefficient (Wildman–Crippen LogP) is 3.00. The molecule has 0 atom stereocenters. The lowest BCUT2D eigenvalue weighted by molar-refractivity contribution is -0.134. The highest BCUT2D eigenvalue weighted by Gasteiger charge is 2.17. The fourth-order valence-electron chi connectivity index (χ4n) is 3.12. The van der Waals surface area contributed by atoms with Crippen LogP contribution in [0.5, 0.6) is 0 Å². The summed E-state index contributed by atoms with van der Waals surface area (Å²) in [5, 5.41) is 6.74. The van der Waals surface area contributed by atoms with E-state index in [1.165, 1.54) is 0 Å². The molecule has 29 heavy (non-hydrogen) atoms. The van der Waals surface area contributed by atoms with Crippen molar-refractivity contribution in [3.05, 3.63) is 72.0 Å². The van der Waals surface area contributed by atoms with Gasteiger partial charge in [0.1, 0.15) is 5.69 Å². The van der Waals surface area contributed by atoms with Gasteiger partial charge in [-0.25, -0.2) is 0 Å². The molecule has 1 fully saturated rings. The Morgan fingerprint density at radius 3 is 2.45 bits per heavy atom. The molecule has 1 N–H and O–H groups in total. The maximum atomic E-state index is 12.4. The van der Waals surface area contributed by atoms with E-state index in [0.29, 0.717) is 44.1 Å². The zero-order valence-corrected chi connectivity index (χ0v) is 15.8. The third kappa shape index (κ3) is 4.70. The van der Waals surface area contributed by atoms with E-state index in [-0.39, 0.29) is 17.6 Å². The Morgan fingerprint density at radius 2 is 1.72 bits per heavy atom. The summed E-state index contributed by atoms with van der Waals surface area (Å²) in [6, 6.07) is 18.3. The van der Waals surface area contributed by atoms with E-state index < -0.39 is 0 Å². The third-order valence-corrected chi connectivity index (χ3v) is 4.73. The van der Waals surface area contributed by atoms with E-state index in [4.69, 9.17) is 9.26 Å². The van der Waals surface area contributed by atoms with E-state index in [1.54, 1.807) is 18.2 Å². The number of nitrogens with zero attached hydrogens (tertiary/aromatic N) is 2. The standard InChI is InChI=1S/C22H21N3O4/c26-21(25-10-12-28-13-11-25)14-16-6-8-18(9-7-16)23-22(27)20-15-19(24-29-20)17-4-2-1-3-5-17/h1-9,15H,10-14H2,(H,23,27). The van der Waals surface area contributed by atoms with Gasteiger partial charge in [0.05, 0.1) is 19.6 Å². The first kappa shape index (κ1) is 18.9. The minimum Gasteiger partial charge on any atom is -0.378 e. The summed E-state index contributed by atoms with van der Waals surface area (Å²) >= 11 is 0. The largest absolute Gasteiger partial charge is 0.378 e. The van der Waals surface area contributed by atoms with Crippen LogP contribution in [-0.4, -0.2) is 48.2 Å². The highest BCUT2D eigenvalue weighted by Crippen LogP contribution is 2.19. The van der Waals surface area contributed by atoms with Crippen molar-refractivity contribution in [2.75, 3.05) is 31.6 Å². The second kappa shape index (κ2) is 8.70. The van der Waals surface area contributed by atoms with Crippen molar-refractivity contribution < 1.29 is 18.8 Å². The number of rotatable bonds is 5. The first-order valence-electron chi connectivity index (χ1n) is 9.47. The Morgan fingerprint density at radius 1 is 1.00 bits per heavy atom. The number of nitrogens with one attached hydrogen (secondary N) is 1. The SMILES string of the molecule is O=C(Nc1ccc(CC(=O)N2CCOCC2)cc1)c1cc(-c2ccccc2)no1. The number of morpholine rings is 1. The molecular formula is C22H21N3O4. The molecule has 4 rings (SSSR count). The Hall–Kier alpha value is -3.45. The molecule has 0 aliphatic carbocycles. The summed E-state index contributed by atoms with van der Waals surface area (Å²) in [7, 11) is 0. The summed E-state index contributed by atoms with van der Waals surface area (Å²) in [4.78, 5) is 26.5. The van der Waals surface area contributed by atoms with Gasteiger partial charge in [-0.3, -0.25) is 9.59 Å². The van der Waals surface area contributed by atoms with E-state index >= 15 is 0 Å².